The highest BCUT2D eigenvalue weighted by molar-refractivity contribution is 7.99. The van der Waals surface area contributed by atoms with Gasteiger partial charge in [0.1, 0.15) is 0 Å². The van der Waals surface area contributed by atoms with Crippen LogP contribution in [0.25, 0.3) is 0 Å². The minimum Gasteiger partial charge on any atom is -0.421 e. The molecule has 6 heteroatoms. The lowest BCUT2D eigenvalue weighted by Gasteiger charge is -2.19. The second kappa shape index (κ2) is 5.73. The molecule has 102 valence electrons. The average molecular weight is 307 g/mol. The molecule has 3 rings (SSSR count). The van der Waals surface area contributed by atoms with Gasteiger partial charge < -0.3 is 10.1 Å². The summed E-state index contributed by atoms with van der Waals surface area (Å²) in [7, 11) is 0. The number of nitrogens with zero attached hydrogens (tertiary/aromatic N) is 1. The summed E-state index contributed by atoms with van der Waals surface area (Å²) in [6.45, 7) is 0.897. The van der Waals surface area contributed by atoms with Gasteiger partial charge in [0.2, 0.25) is 0 Å². The summed E-state index contributed by atoms with van der Waals surface area (Å²) in [5, 5.41) is 3.70. The van der Waals surface area contributed by atoms with Crippen LogP contribution in [0.1, 0.15) is 10.4 Å². The van der Waals surface area contributed by atoms with E-state index in [1.165, 1.54) is 12.4 Å². The topological polar surface area (TPSA) is 51.2 Å². The van der Waals surface area contributed by atoms with Gasteiger partial charge >= 0.3 is 5.97 Å². The molecule has 0 saturated heterocycles. The van der Waals surface area contributed by atoms with Crippen LogP contribution in [0.15, 0.2) is 41.6 Å². The molecule has 4 nitrogen and oxygen atoms in total. The van der Waals surface area contributed by atoms with E-state index in [4.69, 9.17) is 16.3 Å². The predicted octanol–water partition coefficient (Wildman–Crippen LogP) is 3.47. The van der Waals surface area contributed by atoms with Crippen molar-refractivity contribution in [3.63, 3.8) is 0 Å². The molecule has 2 heterocycles. The monoisotopic (exact) mass is 306 g/mol. The zero-order chi connectivity index (χ0) is 13.9. The number of hydrogen-bond acceptors (Lipinski definition) is 5. The number of nitrogens with one attached hydrogen (secondary N) is 1. The number of ether oxygens (including phenoxy) is 1. The molecule has 20 heavy (non-hydrogen) atoms. The molecule has 1 aromatic carbocycles. The first-order chi connectivity index (χ1) is 9.74. The number of thioether (sulfide) groups is 1. The Bertz CT molecular complexity index is 663. The molecule has 0 spiro atoms. The van der Waals surface area contributed by atoms with Crippen LogP contribution in [0.2, 0.25) is 5.02 Å². The summed E-state index contributed by atoms with van der Waals surface area (Å²) in [5.41, 5.74) is 1.53. The Hall–Kier alpha value is -1.72. The molecule has 1 aliphatic heterocycles. The summed E-state index contributed by atoms with van der Waals surface area (Å²) in [6, 6.07) is 7.12. The minimum atomic E-state index is -0.401. The van der Waals surface area contributed by atoms with E-state index in [1.54, 1.807) is 23.9 Å². The van der Waals surface area contributed by atoms with E-state index in [0.717, 1.165) is 22.9 Å². The molecular weight excluding hydrogens is 296 g/mol. The van der Waals surface area contributed by atoms with Crippen molar-refractivity contribution in [3.8, 4) is 5.75 Å². The Labute approximate surface area is 125 Å². The van der Waals surface area contributed by atoms with E-state index in [0.29, 0.717) is 16.3 Å². The molecular formula is C14H11ClN2O2S. The Kier molecular flexibility index (Phi) is 3.80. The molecule has 0 radical (unpaired) electrons. The third kappa shape index (κ3) is 2.73. The van der Waals surface area contributed by atoms with Crippen LogP contribution in [-0.2, 0) is 0 Å². The summed E-state index contributed by atoms with van der Waals surface area (Å²) in [5.74, 6) is 0.867. The smallest absolute Gasteiger partial charge is 0.344 e. The molecule has 0 aliphatic carbocycles. The maximum absolute atomic E-state index is 12.3. The molecule has 0 amide bonds. The average Bonchev–Trinajstić information content (AvgIpc) is 2.46. The second-order valence-corrected chi connectivity index (χ2v) is 5.73. The predicted molar refractivity (Wildman–Crippen MR) is 79.9 cm³/mol. The molecule has 0 bridgehead atoms. The summed E-state index contributed by atoms with van der Waals surface area (Å²) in [4.78, 5) is 17.1. The van der Waals surface area contributed by atoms with Gasteiger partial charge in [-0.25, -0.2) is 4.79 Å². The van der Waals surface area contributed by atoms with Crippen LogP contribution < -0.4 is 10.1 Å². The summed E-state index contributed by atoms with van der Waals surface area (Å²) in [6.07, 6.45) is 2.95. The lowest BCUT2D eigenvalue weighted by molar-refractivity contribution is 0.0730. The van der Waals surface area contributed by atoms with E-state index >= 15 is 0 Å². The quantitative estimate of drug-likeness (QED) is 0.861. The van der Waals surface area contributed by atoms with Crippen molar-refractivity contribution in [1.29, 1.82) is 0 Å². The first kappa shape index (κ1) is 13.3. The highest BCUT2D eigenvalue weighted by Crippen LogP contribution is 2.34. The van der Waals surface area contributed by atoms with E-state index < -0.39 is 5.97 Å². The SMILES string of the molecule is O=C(Oc1cncc(Cl)c1)c1cccc2c1SCCN2. The third-order valence-electron chi connectivity index (χ3n) is 2.79. The van der Waals surface area contributed by atoms with Crippen molar-refractivity contribution in [2.75, 3.05) is 17.6 Å². The largest absolute Gasteiger partial charge is 0.421 e. The lowest BCUT2D eigenvalue weighted by Crippen LogP contribution is -2.15. The van der Waals surface area contributed by atoms with Gasteiger partial charge in [-0.2, -0.15) is 0 Å². The zero-order valence-electron chi connectivity index (χ0n) is 10.4. The van der Waals surface area contributed by atoms with Crippen LogP contribution in [-0.4, -0.2) is 23.3 Å². The first-order valence-electron chi connectivity index (χ1n) is 6.06. The highest BCUT2D eigenvalue weighted by atomic mass is 35.5. The number of benzene rings is 1. The van der Waals surface area contributed by atoms with Crippen LogP contribution in [0.3, 0.4) is 0 Å². The zero-order valence-corrected chi connectivity index (χ0v) is 12.0. The van der Waals surface area contributed by atoms with Gasteiger partial charge in [0.15, 0.2) is 5.75 Å². The molecule has 0 unspecified atom stereocenters. The van der Waals surface area contributed by atoms with Crippen molar-refractivity contribution in [2.24, 2.45) is 0 Å². The van der Waals surface area contributed by atoms with Gasteiger partial charge in [-0.3, -0.25) is 4.98 Å². The summed E-state index contributed by atoms with van der Waals surface area (Å²) < 4.78 is 5.32. The number of aromatic nitrogens is 1. The molecule has 0 atom stereocenters. The Balaban J connectivity index is 1.88. The van der Waals surface area contributed by atoms with Gasteiger partial charge in [0.05, 0.1) is 16.8 Å². The van der Waals surface area contributed by atoms with Crippen LogP contribution in [0.4, 0.5) is 5.69 Å². The Morgan fingerprint density at radius 1 is 1.40 bits per heavy atom. The van der Waals surface area contributed by atoms with Crippen LogP contribution >= 0.6 is 23.4 Å². The maximum atomic E-state index is 12.3. The number of fused-ring (bicyclic) bond motifs is 1. The molecule has 0 fully saturated rings. The third-order valence-corrected chi connectivity index (χ3v) is 4.13. The van der Waals surface area contributed by atoms with Gasteiger partial charge in [-0.05, 0) is 12.1 Å². The van der Waals surface area contributed by atoms with Crippen molar-refractivity contribution in [1.82, 2.24) is 4.98 Å². The minimum absolute atomic E-state index is 0.342. The number of pyridine rings is 1. The van der Waals surface area contributed by atoms with Gasteiger partial charge in [0.25, 0.3) is 0 Å². The Morgan fingerprint density at radius 2 is 2.30 bits per heavy atom. The van der Waals surface area contributed by atoms with Crippen molar-refractivity contribution in [2.45, 2.75) is 4.90 Å². The molecule has 2 aromatic rings. The van der Waals surface area contributed by atoms with E-state index in [1.807, 2.05) is 12.1 Å². The van der Waals surface area contributed by atoms with Gasteiger partial charge in [0, 0.05) is 35.1 Å². The molecule has 1 aliphatic rings. The first-order valence-corrected chi connectivity index (χ1v) is 7.43. The fourth-order valence-corrected chi connectivity index (χ4v) is 3.12. The maximum Gasteiger partial charge on any atom is 0.344 e. The number of anilines is 1. The van der Waals surface area contributed by atoms with Gasteiger partial charge in [-0.1, -0.05) is 17.7 Å². The van der Waals surface area contributed by atoms with E-state index in [2.05, 4.69) is 10.3 Å². The fourth-order valence-electron chi connectivity index (χ4n) is 1.94. The number of carbonyl (C=O) groups excluding carboxylic acids is 1. The highest BCUT2D eigenvalue weighted by Gasteiger charge is 2.19. The van der Waals surface area contributed by atoms with Crippen LogP contribution in [0, 0.1) is 0 Å². The van der Waals surface area contributed by atoms with E-state index in [9.17, 15) is 4.79 Å². The summed E-state index contributed by atoms with van der Waals surface area (Å²) >= 11 is 7.47. The number of halogens is 1. The molecule has 0 saturated carbocycles. The number of esters is 1. The number of hydrogen-bond donors (Lipinski definition) is 1. The van der Waals surface area contributed by atoms with Crippen LogP contribution in [0.5, 0.6) is 5.75 Å². The molecule has 1 aromatic heterocycles. The van der Waals surface area contributed by atoms with Crippen molar-refractivity contribution < 1.29 is 9.53 Å². The number of rotatable bonds is 2. The Morgan fingerprint density at radius 3 is 3.15 bits per heavy atom. The lowest BCUT2D eigenvalue weighted by atomic mass is 10.2. The molecule has 1 N–H and O–H groups in total. The van der Waals surface area contributed by atoms with Gasteiger partial charge in [-0.15, -0.1) is 11.8 Å². The van der Waals surface area contributed by atoms with E-state index in [-0.39, 0.29) is 0 Å². The number of carbonyl (C=O) groups is 1. The fraction of sp³-hybridized carbons (Fsp3) is 0.143. The van der Waals surface area contributed by atoms with Crippen molar-refractivity contribution >= 4 is 35.0 Å². The second-order valence-electron chi connectivity index (χ2n) is 4.19. The standard InChI is InChI=1S/C14H11ClN2O2S/c15-9-6-10(8-16-7-9)19-14(18)11-2-1-3-12-13(11)20-5-4-17-12/h1-3,6-8,17H,4-5H2. The van der Waals surface area contributed by atoms with Crippen molar-refractivity contribution in [3.05, 3.63) is 47.2 Å². The normalized spacial score (nSPS) is 13.2.